The monoisotopic (exact) mass is 198 g/mol. The maximum Gasteiger partial charge on any atom is 0.272 e. The zero-order chi connectivity index (χ0) is 10.6. The highest BCUT2D eigenvalue weighted by molar-refractivity contribution is 5.49. The number of hydrogen-bond acceptors (Lipinski definition) is 3. The number of non-ortho nitro benzene ring substituents is 1. The fourth-order valence-electron chi connectivity index (χ4n) is 1.02. The summed E-state index contributed by atoms with van der Waals surface area (Å²) >= 11 is 0. The van der Waals surface area contributed by atoms with Crippen LogP contribution in [0.2, 0.25) is 0 Å². The molecule has 1 rings (SSSR count). The number of nitro groups is 1. The summed E-state index contributed by atoms with van der Waals surface area (Å²) in [5, 5.41) is 13.1. The minimum absolute atomic E-state index is 0.232. The second-order valence-corrected chi connectivity index (χ2v) is 2.85. The third-order valence-corrected chi connectivity index (χ3v) is 1.73. The molecule has 0 aliphatic rings. The molecule has 0 unspecified atom stereocenters. The van der Waals surface area contributed by atoms with Crippen LogP contribution < -0.4 is 5.32 Å². The third kappa shape index (κ3) is 2.42. The standard InChI is InChI=1S/C9H11FN2O2/c1-2-5-11-9-4-3-7(12(13)14)6-8(9)10/h3-4,6,11H,2,5H2,1H3. The van der Waals surface area contributed by atoms with Gasteiger partial charge in [0.25, 0.3) is 5.69 Å². The van der Waals surface area contributed by atoms with Crippen molar-refractivity contribution in [3.05, 3.63) is 34.1 Å². The number of nitrogens with zero attached hydrogens (tertiary/aromatic N) is 1. The topological polar surface area (TPSA) is 55.2 Å². The maximum absolute atomic E-state index is 13.2. The van der Waals surface area contributed by atoms with E-state index >= 15 is 0 Å². The molecule has 0 spiro atoms. The molecular formula is C9H11FN2O2. The number of nitro benzene ring substituents is 1. The highest BCUT2D eigenvalue weighted by atomic mass is 19.1. The smallest absolute Gasteiger partial charge is 0.272 e. The molecule has 0 aromatic heterocycles. The average molecular weight is 198 g/mol. The van der Waals surface area contributed by atoms with Crippen molar-refractivity contribution in [2.75, 3.05) is 11.9 Å². The second-order valence-electron chi connectivity index (χ2n) is 2.85. The lowest BCUT2D eigenvalue weighted by Crippen LogP contribution is -2.02. The van der Waals surface area contributed by atoms with Crippen molar-refractivity contribution in [3.8, 4) is 0 Å². The van der Waals surface area contributed by atoms with E-state index < -0.39 is 10.7 Å². The van der Waals surface area contributed by atoms with Crippen LogP contribution in [0.3, 0.4) is 0 Å². The predicted molar refractivity (Wildman–Crippen MR) is 51.8 cm³/mol. The number of nitrogens with one attached hydrogen (secondary N) is 1. The Hall–Kier alpha value is -1.65. The Balaban J connectivity index is 2.84. The van der Waals surface area contributed by atoms with Crippen molar-refractivity contribution in [1.29, 1.82) is 0 Å². The maximum atomic E-state index is 13.2. The van der Waals surface area contributed by atoms with Gasteiger partial charge in [0.15, 0.2) is 5.82 Å². The van der Waals surface area contributed by atoms with Gasteiger partial charge in [-0.05, 0) is 12.5 Å². The van der Waals surface area contributed by atoms with Crippen molar-refractivity contribution in [1.82, 2.24) is 0 Å². The van der Waals surface area contributed by atoms with E-state index in [1.165, 1.54) is 12.1 Å². The van der Waals surface area contributed by atoms with Gasteiger partial charge in [-0.2, -0.15) is 0 Å². The Morgan fingerprint density at radius 2 is 2.29 bits per heavy atom. The Kier molecular flexibility index (Phi) is 3.39. The first-order chi connectivity index (χ1) is 6.65. The molecule has 5 heteroatoms. The summed E-state index contributed by atoms with van der Waals surface area (Å²) in [5.41, 5.74) is 0.0713. The Bertz CT molecular complexity index is 342. The second kappa shape index (κ2) is 4.55. The molecule has 76 valence electrons. The largest absolute Gasteiger partial charge is 0.383 e. The molecule has 1 aromatic carbocycles. The van der Waals surface area contributed by atoms with Gasteiger partial charge in [-0.25, -0.2) is 4.39 Å². The Morgan fingerprint density at radius 3 is 2.79 bits per heavy atom. The van der Waals surface area contributed by atoms with Gasteiger partial charge in [0, 0.05) is 12.6 Å². The molecule has 0 aliphatic carbocycles. The summed E-state index contributed by atoms with van der Waals surface area (Å²) < 4.78 is 13.2. The molecule has 0 bridgehead atoms. The number of anilines is 1. The molecule has 1 aromatic rings. The van der Waals surface area contributed by atoms with Gasteiger partial charge in [-0.3, -0.25) is 10.1 Å². The Labute approximate surface area is 80.9 Å². The number of rotatable bonds is 4. The van der Waals surface area contributed by atoms with E-state index in [-0.39, 0.29) is 5.69 Å². The van der Waals surface area contributed by atoms with E-state index in [2.05, 4.69) is 5.32 Å². The van der Waals surface area contributed by atoms with Crippen molar-refractivity contribution in [3.63, 3.8) is 0 Å². The van der Waals surface area contributed by atoms with Crippen molar-refractivity contribution in [2.45, 2.75) is 13.3 Å². The molecule has 0 fully saturated rings. The molecule has 14 heavy (non-hydrogen) atoms. The van der Waals surface area contributed by atoms with Crippen LogP contribution in [0.4, 0.5) is 15.8 Å². The molecule has 0 radical (unpaired) electrons. The van der Waals surface area contributed by atoms with Crippen LogP contribution in [0.15, 0.2) is 18.2 Å². The van der Waals surface area contributed by atoms with Gasteiger partial charge in [-0.1, -0.05) is 6.92 Å². The lowest BCUT2D eigenvalue weighted by molar-refractivity contribution is -0.385. The van der Waals surface area contributed by atoms with Crippen LogP contribution in [0.1, 0.15) is 13.3 Å². The minimum atomic E-state index is -0.618. The fraction of sp³-hybridized carbons (Fsp3) is 0.333. The number of halogens is 1. The molecular weight excluding hydrogens is 187 g/mol. The van der Waals surface area contributed by atoms with Gasteiger partial charge in [0.1, 0.15) is 0 Å². The summed E-state index contributed by atoms with van der Waals surface area (Å²) in [6, 6.07) is 3.57. The van der Waals surface area contributed by atoms with Crippen molar-refractivity contribution >= 4 is 11.4 Å². The zero-order valence-electron chi connectivity index (χ0n) is 7.79. The van der Waals surface area contributed by atoms with Gasteiger partial charge in [0.05, 0.1) is 16.7 Å². The van der Waals surface area contributed by atoms with Crippen LogP contribution in [-0.4, -0.2) is 11.5 Å². The molecule has 0 saturated carbocycles. The van der Waals surface area contributed by atoms with E-state index in [4.69, 9.17) is 0 Å². The first-order valence-electron chi connectivity index (χ1n) is 4.33. The first-order valence-corrected chi connectivity index (χ1v) is 4.33. The van der Waals surface area contributed by atoms with Crippen LogP contribution in [0.5, 0.6) is 0 Å². The van der Waals surface area contributed by atoms with Gasteiger partial charge >= 0.3 is 0 Å². The lowest BCUT2D eigenvalue weighted by atomic mass is 10.2. The third-order valence-electron chi connectivity index (χ3n) is 1.73. The van der Waals surface area contributed by atoms with E-state index in [0.717, 1.165) is 12.5 Å². The fourth-order valence-corrected chi connectivity index (χ4v) is 1.02. The quantitative estimate of drug-likeness (QED) is 0.597. The molecule has 0 amide bonds. The highest BCUT2D eigenvalue weighted by Gasteiger charge is 2.09. The van der Waals surface area contributed by atoms with Crippen molar-refractivity contribution in [2.24, 2.45) is 0 Å². The van der Waals surface area contributed by atoms with E-state index in [1.54, 1.807) is 0 Å². The normalized spacial score (nSPS) is 9.86. The lowest BCUT2D eigenvalue weighted by Gasteiger charge is -2.04. The highest BCUT2D eigenvalue weighted by Crippen LogP contribution is 2.20. The SMILES string of the molecule is CCCNc1ccc([N+](=O)[O-])cc1F. The van der Waals surface area contributed by atoms with Gasteiger partial charge < -0.3 is 5.32 Å². The Morgan fingerprint density at radius 1 is 1.57 bits per heavy atom. The van der Waals surface area contributed by atoms with Crippen LogP contribution >= 0.6 is 0 Å². The molecule has 0 aliphatic heterocycles. The predicted octanol–water partition coefficient (Wildman–Crippen LogP) is 2.56. The minimum Gasteiger partial charge on any atom is -0.383 e. The molecule has 0 saturated heterocycles. The van der Waals surface area contributed by atoms with E-state index in [0.29, 0.717) is 12.2 Å². The summed E-state index contributed by atoms with van der Waals surface area (Å²) in [6.07, 6.45) is 0.871. The average Bonchev–Trinajstić information content (AvgIpc) is 2.15. The molecule has 1 N–H and O–H groups in total. The van der Waals surface area contributed by atoms with Crippen LogP contribution in [-0.2, 0) is 0 Å². The van der Waals surface area contributed by atoms with E-state index in [1.807, 2.05) is 6.92 Å². The summed E-state index contributed by atoms with van der Waals surface area (Å²) in [4.78, 5) is 9.68. The summed E-state index contributed by atoms with van der Waals surface area (Å²) in [7, 11) is 0. The van der Waals surface area contributed by atoms with Gasteiger partial charge in [-0.15, -0.1) is 0 Å². The summed E-state index contributed by atoms with van der Waals surface area (Å²) in [6.45, 7) is 2.60. The van der Waals surface area contributed by atoms with Crippen LogP contribution in [0.25, 0.3) is 0 Å². The van der Waals surface area contributed by atoms with E-state index in [9.17, 15) is 14.5 Å². The molecule has 4 nitrogen and oxygen atoms in total. The number of benzene rings is 1. The zero-order valence-corrected chi connectivity index (χ0v) is 7.79. The molecule has 0 atom stereocenters. The first kappa shape index (κ1) is 10.4. The van der Waals surface area contributed by atoms with Crippen LogP contribution in [0, 0.1) is 15.9 Å². The van der Waals surface area contributed by atoms with Gasteiger partial charge in [0.2, 0.25) is 0 Å². The number of hydrogen-bond donors (Lipinski definition) is 1. The van der Waals surface area contributed by atoms with Crippen molar-refractivity contribution < 1.29 is 9.31 Å². The summed E-state index contributed by atoms with van der Waals surface area (Å²) in [5.74, 6) is -0.590. The molecule has 0 heterocycles.